The van der Waals surface area contributed by atoms with Crippen molar-refractivity contribution in [1.29, 1.82) is 0 Å². The van der Waals surface area contributed by atoms with E-state index < -0.39 is 11.7 Å². The normalized spacial score (nSPS) is 12.4. The van der Waals surface area contributed by atoms with Crippen molar-refractivity contribution in [3.8, 4) is 23.0 Å². The molecule has 47 heavy (non-hydrogen) atoms. The van der Waals surface area contributed by atoms with Gasteiger partial charge in [-0.3, -0.25) is 14.9 Å². The third-order valence-electron chi connectivity index (χ3n) is 7.43. The highest BCUT2D eigenvalue weighted by Gasteiger charge is 2.26. The Labute approximate surface area is 274 Å². The zero-order valence-electron chi connectivity index (χ0n) is 25.3. The van der Waals surface area contributed by atoms with Crippen LogP contribution in [0.4, 0.5) is 15.9 Å². The number of carbonyl (C=O) groups is 2. The third kappa shape index (κ3) is 7.43. The van der Waals surface area contributed by atoms with E-state index in [1.165, 1.54) is 12.4 Å². The Morgan fingerprint density at radius 3 is 2.66 bits per heavy atom. The van der Waals surface area contributed by atoms with Gasteiger partial charge in [-0.25, -0.2) is 14.4 Å². The monoisotopic (exact) mass is 656 g/mol. The number of amides is 2. The first-order chi connectivity index (χ1) is 22.9. The average molecular weight is 657 g/mol. The molecular formula is C35H30ClFN4O6. The quantitative estimate of drug-likeness (QED) is 0.104. The van der Waals surface area contributed by atoms with Gasteiger partial charge in [0.05, 0.1) is 41.9 Å². The lowest BCUT2D eigenvalue weighted by Crippen LogP contribution is -2.37. The van der Waals surface area contributed by atoms with Crippen LogP contribution in [-0.4, -0.2) is 48.7 Å². The maximum atomic E-state index is 14.5. The molecule has 0 bridgehead atoms. The van der Waals surface area contributed by atoms with Gasteiger partial charge >= 0.3 is 0 Å². The number of hydrogen-bond donors (Lipinski definition) is 2. The molecule has 2 amide bonds. The maximum Gasteiger partial charge on any atom is 0.261 e. The van der Waals surface area contributed by atoms with Gasteiger partial charge in [-0.15, -0.1) is 0 Å². The van der Waals surface area contributed by atoms with Crippen LogP contribution in [-0.2, 0) is 22.4 Å². The molecule has 1 aromatic heterocycles. The van der Waals surface area contributed by atoms with Crippen LogP contribution in [0.5, 0.6) is 23.0 Å². The lowest BCUT2D eigenvalue weighted by molar-refractivity contribution is -0.119. The molecule has 4 aromatic carbocycles. The molecule has 0 unspecified atom stereocenters. The fourth-order valence-electron chi connectivity index (χ4n) is 5.22. The maximum absolute atomic E-state index is 14.5. The highest BCUT2D eigenvalue weighted by molar-refractivity contribution is 6.31. The number of aryl methyl sites for hydroxylation is 1. The van der Waals surface area contributed by atoms with Crippen LogP contribution in [0, 0.1) is 5.82 Å². The highest BCUT2D eigenvalue weighted by atomic mass is 35.5. The molecule has 0 atom stereocenters. The number of nitrogens with one attached hydrogen (secondary N) is 2. The average Bonchev–Trinajstić information content (AvgIpc) is 3.06. The summed E-state index contributed by atoms with van der Waals surface area (Å²) in [4.78, 5) is 32.7. The molecule has 0 saturated carbocycles. The Morgan fingerprint density at radius 2 is 1.79 bits per heavy atom. The lowest BCUT2D eigenvalue weighted by atomic mass is 9.99. The summed E-state index contributed by atoms with van der Waals surface area (Å²) < 4.78 is 37.9. The number of ether oxygens (including phenoxy) is 4. The standard InChI is InChI=1S/C35H30ClFN4O6/c1-44-29-19-27-24(34(39-20-38-27)40-26-11-4-10-25(36)33(26)37)18-30(29)46-15-14-45-13-5-7-21-6-2-9-23(16-21)47-28-12-3-8-22-17-31(42)41-35(43)32(22)28/h2-4,6,8-12,16,18-20H,5,7,13-15,17H2,1H3,(H,38,39,40)(H,41,42,43). The Balaban J connectivity index is 1.01. The number of carbonyl (C=O) groups excluding carboxylic acids is 2. The van der Waals surface area contributed by atoms with E-state index in [9.17, 15) is 14.0 Å². The first kappa shape index (κ1) is 31.7. The van der Waals surface area contributed by atoms with Gasteiger partial charge in [0.15, 0.2) is 17.3 Å². The van der Waals surface area contributed by atoms with Crippen molar-refractivity contribution in [3.05, 3.63) is 107 Å². The number of methoxy groups -OCH3 is 1. The van der Waals surface area contributed by atoms with Crippen molar-refractivity contribution in [2.24, 2.45) is 0 Å². The minimum absolute atomic E-state index is 0.000239. The number of nitrogens with zero attached hydrogens (tertiary/aromatic N) is 2. The van der Waals surface area contributed by atoms with E-state index in [2.05, 4.69) is 20.6 Å². The molecule has 6 rings (SSSR count). The van der Waals surface area contributed by atoms with Gasteiger partial charge in [0, 0.05) is 18.1 Å². The summed E-state index contributed by atoms with van der Waals surface area (Å²) in [5.41, 5.74) is 2.86. The second-order valence-electron chi connectivity index (χ2n) is 10.6. The summed E-state index contributed by atoms with van der Waals surface area (Å²) in [5.74, 6) is 0.993. The predicted molar refractivity (Wildman–Crippen MR) is 175 cm³/mol. The van der Waals surface area contributed by atoms with Gasteiger partial charge in [0.25, 0.3) is 5.91 Å². The SMILES string of the molecule is COc1cc2ncnc(Nc3cccc(Cl)c3F)c2cc1OCCOCCCc1cccc(Oc2cccc3c2C(=O)NC(=O)C3)c1. The van der Waals surface area contributed by atoms with Crippen LogP contribution >= 0.6 is 11.6 Å². The Kier molecular flexibility index (Phi) is 9.75. The summed E-state index contributed by atoms with van der Waals surface area (Å²) >= 11 is 5.94. The van der Waals surface area contributed by atoms with Crippen molar-refractivity contribution >= 4 is 45.8 Å². The van der Waals surface area contributed by atoms with Crippen LogP contribution in [0.25, 0.3) is 10.9 Å². The number of benzene rings is 4. The minimum atomic E-state index is -0.579. The van der Waals surface area contributed by atoms with Crippen LogP contribution < -0.4 is 24.8 Å². The van der Waals surface area contributed by atoms with Crippen molar-refractivity contribution in [2.75, 3.05) is 32.2 Å². The van der Waals surface area contributed by atoms with Crippen LogP contribution in [0.2, 0.25) is 5.02 Å². The smallest absolute Gasteiger partial charge is 0.261 e. The van der Waals surface area contributed by atoms with Gasteiger partial charge in [0.2, 0.25) is 5.91 Å². The first-order valence-corrected chi connectivity index (χ1v) is 15.2. The van der Waals surface area contributed by atoms with Gasteiger partial charge in [0.1, 0.15) is 30.3 Å². The molecule has 0 radical (unpaired) electrons. The van der Waals surface area contributed by atoms with E-state index >= 15 is 0 Å². The Bertz CT molecular complexity index is 1960. The number of halogens is 2. The summed E-state index contributed by atoms with van der Waals surface area (Å²) in [6, 6.07) is 21.1. The molecule has 240 valence electrons. The van der Waals surface area contributed by atoms with Crippen LogP contribution in [0.3, 0.4) is 0 Å². The van der Waals surface area contributed by atoms with E-state index in [0.717, 1.165) is 18.4 Å². The Hall–Kier alpha value is -5.26. The molecule has 10 nitrogen and oxygen atoms in total. The molecule has 12 heteroatoms. The number of rotatable bonds is 13. The second kappa shape index (κ2) is 14.4. The lowest BCUT2D eigenvalue weighted by Gasteiger charge is -2.18. The predicted octanol–water partition coefficient (Wildman–Crippen LogP) is 6.81. The van der Waals surface area contributed by atoms with Crippen molar-refractivity contribution in [2.45, 2.75) is 19.3 Å². The van der Waals surface area contributed by atoms with E-state index in [4.69, 9.17) is 30.5 Å². The van der Waals surface area contributed by atoms with Crippen molar-refractivity contribution in [1.82, 2.24) is 15.3 Å². The van der Waals surface area contributed by atoms with Crippen molar-refractivity contribution < 1.29 is 32.9 Å². The number of anilines is 2. The van der Waals surface area contributed by atoms with E-state index in [-0.39, 0.29) is 29.6 Å². The number of imide groups is 1. The van der Waals surface area contributed by atoms with E-state index in [1.54, 1.807) is 49.6 Å². The summed E-state index contributed by atoms with van der Waals surface area (Å²) in [6.45, 7) is 1.13. The second-order valence-corrected chi connectivity index (χ2v) is 11.0. The highest BCUT2D eigenvalue weighted by Crippen LogP contribution is 2.36. The summed E-state index contributed by atoms with van der Waals surface area (Å²) in [7, 11) is 1.54. The summed E-state index contributed by atoms with van der Waals surface area (Å²) in [6.07, 6.45) is 3.03. The fourth-order valence-corrected chi connectivity index (χ4v) is 5.39. The molecule has 0 aliphatic carbocycles. The number of fused-ring (bicyclic) bond motifs is 2. The molecular weight excluding hydrogens is 627 g/mol. The fraction of sp³-hybridized carbons (Fsp3) is 0.200. The largest absolute Gasteiger partial charge is 0.493 e. The van der Waals surface area contributed by atoms with Gasteiger partial charge in [-0.05, 0) is 60.4 Å². The van der Waals surface area contributed by atoms with Gasteiger partial charge < -0.3 is 24.3 Å². The molecule has 0 spiro atoms. The number of aromatic nitrogens is 2. The van der Waals surface area contributed by atoms with Crippen molar-refractivity contribution in [3.63, 3.8) is 0 Å². The zero-order valence-corrected chi connectivity index (χ0v) is 26.1. The molecule has 1 aliphatic rings. The number of hydrogen-bond acceptors (Lipinski definition) is 9. The molecule has 5 aromatic rings. The molecule has 2 N–H and O–H groups in total. The van der Waals surface area contributed by atoms with Crippen LogP contribution in [0.1, 0.15) is 27.9 Å². The molecule has 0 saturated heterocycles. The molecule has 0 fully saturated rings. The third-order valence-corrected chi connectivity index (χ3v) is 7.73. The molecule has 1 aliphatic heterocycles. The topological polar surface area (TPSA) is 121 Å². The van der Waals surface area contributed by atoms with E-state index in [0.29, 0.717) is 64.1 Å². The van der Waals surface area contributed by atoms with E-state index in [1.807, 2.05) is 24.3 Å². The first-order valence-electron chi connectivity index (χ1n) is 14.9. The zero-order chi connectivity index (χ0) is 32.8. The van der Waals surface area contributed by atoms with Crippen LogP contribution in [0.15, 0.2) is 79.1 Å². The van der Waals surface area contributed by atoms with Gasteiger partial charge in [-0.2, -0.15) is 0 Å². The summed E-state index contributed by atoms with van der Waals surface area (Å²) in [5, 5.41) is 5.95. The Morgan fingerprint density at radius 1 is 0.936 bits per heavy atom. The minimum Gasteiger partial charge on any atom is -0.493 e. The van der Waals surface area contributed by atoms with Gasteiger partial charge in [-0.1, -0.05) is 41.9 Å². The molecule has 2 heterocycles.